The van der Waals surface area contributed by atoms with Gasteiger partial charge in [-0.05, 0) is 60.8 Å². The highest BCUT2D eigenvalue weighted by Crippen LogP contribution is 2.38. The maximum Gasteiger partial charge on any atom is 0.319 e. The van der Waals surface area contributed by atoms with Crippen molar-refractivity contribution >= 4 is 11.7 Å². The summed E-state index contributed by atoms with van der Waals surface area (Å²) >= 11 is 0. The molecule has 6 heteroatoms. The molecule has 1 atom stereocenters. The van der Waals surface area contributed by atoms with Gasteiger partial charge in [0.2, 0.25) is 0 Å². The van der Waals surface area contributed by atoms with Gasteiger partial charge in [0.05, 0.1) is 12.3 Å². The number of nitrogens with one attached hydrogen (secondary N) is 2. The fraction of sp³-hybridized carbons (Fsp3) is 0.474. The molecule has 1 aromatic heterocycles. The molecular weight excluding hydrogens is 316 g/mol. The molecule has 1 aromatic carbocycles. The lowest BCUT2D eigenvalue weighted by Crippen LogP contribution is -2.33. The SMILES string of the molecule is Cn1cc(C(O)CNC(=O)Nc2c3c(cc4c2CCC4)CCC3)cn1. The van der Waals surface area contributed by atoms with Crippen molar-refractivity contribution in [2.45, 2.75) is 44.6 Å². The van der Waals surface area contributed by atoms with Gasteiger partial charge >= 0.3 is 6.03 Å². The summed E-state index contributed by atoms with van der Waals surface area (Å²) in [6, 6.07) is 2.09. The molecule has 25 heavy (non-hydrogen) atoms. The van der Waals surface area contributed by atoms with Gasteiger partial charge in [0.1, 0.15) is 0 Å². The number of aliphatic hydroxyl groups excluding tert-OH is 1. The van der Waals surface area contributed by atoms with E-state index in [1.165, 1.54) is 22.3 Å². The molecule has 2 aliphatic rings. The van der Waals surface area contributed by atoms with Crippen molar-refractivity contribution < 1.29 is 9.90 Å². The van der Waals surface area contributed by atoms with Crippen LogP contribution in [0.3, 0.4) is 0 Å². The molecule has 2 aliphatic carbocycles. The van der Waals surface area contributed by atoms with E-state index in [0.717, 1.165) is 44.2 Å². The van der Waals surface area contributed by atoms with Crippen LogP contribution in [0.5, 0.6) is 0 Å². The van der Waals surface area contributed by atoms with E-state index < -0.39 is 6.10 Å². The monoisotopic (exact) mass is 340 g/mol. The third-order valence-electron chi connectivity index (χ3n) is 5.28. The minimum Gasteiger partial charge on any atom is -0.386 e. The van der Waals surface area contributed by atoms with E-state index in [9.17, 15) is 9.90 Å². The summed E-state index contributed by atoms with van der Waals surface area (Å²) in [5.74, 6) is 0. The van der Waals surface area contributed by atoms with Crippen LogP contribution in [0.15, 0.2) is 18.5 Å². The first-order valence-corrected chi connectivity index (χ1v) is 9.00. The Morgan fingerprint density at radius 2 is 1.92 bits per heavy atom. The molecule has 0 radical (unpaired) electrons. The Hall–Kier alpha value is -2.34. The van der Waals surface area contributed by atoms with Crippen LogP contribution >= 0.6 is 0 Å². The van der Waals surface area contributed by atoms with Gasteiger partial charge in [-0.15, -0.1) is 0 Å². The lowest BCUT2D eigenvalue weighted by Gasteiger charge is -2.17. The Morgan fingerprint density at radius 1 is 1.24 bits per heavy atom. The molecule has 2 aromatic rings. The highest BCUT2D eigenvalue weighted by atomic mass is 16.3. The average Bonchev–Trinajstić information content (AvgIpc) is 3.32. The molecule has 0 saturated carbocycles. The summed E-state index contributed by atoms with van der Waals surface area (Å²) in [4.78, 5) is 12.4. The van der Waals surface area contributed by atoms with E-state index in [2.05, 4.69) is 21.8 Å². The van der Waals surface area contributed by atoms with Crippen LogP contribution < -0.4 is 10.6 Å². The molecule has 0 aliphatic heterocycles. The Labute approximate surface area is 147 Å². The summed E-state index contributed by atoms with van der Waals surface area (Å²) in [6.45, 7) is 0.161. The molecule has 0 fully saturated rings. The topological polar surface area (TPSA) is 79.2 Å². The van der Waals surface area contributed by atoms with E-state index in [1.807, 2.05) is 0 Å². The third-order valence-corrected chi connectivity index (χ3v) is 5.28. The van der Waals surface area contributed by atoms with E-state index in [4.69, 9.17) is 0 Å². The van der Waals surface area contributed by atoms with Crippen molar-refractivity contribution in [3.63, 3.8) is 0 Å². The smallest absolute Gasteiger partial charge is 0.319 e. The minimum absolute atomic E-state index is 0.161. The van der Waals surface area contributed by atoms with Gasteiger partial charge in [0.25, 0.3) is 0 Å². The third kappa shape index (κ3) is 3.14. The minimum atomic E-state index is -0.758. The lowest BCUT2D eigenvalue weighted by atomic mass is 9.99. The van der Waals surface area contributed by atoms with Gasteiger partial charge in [0.15, 0.2) is 0 Å². The van der Waals surface area contributed by atoms with Crippen molar-refractivity contribution in [3.05, 3.63) is 46.3 Å². The number of hydrogen-bond acceptors (Lipinski definition) is 3. The molecule has 132 valence electrons. The van der Waals surface area contributed by atoms with Gasteiger partial charge in [-0.1, -0.05) is 6.07 Å². The fourth-order valence-corrected chi connectivity index (χ4v) is 4.04. The molecule has 4 rings (SSSR count). The predicted octanol–water partition coefficient (Wildman–Crippen LogP) is 2.25. The number of amides is 2. The van der Waals surface area contributed by atoms with Crippen molar-refractivity contribution in [2.75, 3.05) is 11.9 Å². The van der Waals surface area contributed by atoms with E-state index in [0.29, 0.717) is 5.56 Å². The average molecular weight is 340 g/mol. The molecule has 1 unspecified atom stereocenters. The van der Waals surface area contributed by atoms with Crippen LogP contribution in [0.4, 0.5) is 10.5 Å². The number of rotatable bonds is 4. The highest BCUT2D eigenvalue weighted by molar-refractivity contribution is 5.92. The number of carbonyl (C=O) groups is 1. The zero-order valence-electron chi connectivity index (χ0n) is 14.5. The van der Waals surface area contributed by atoms with Gasteiger partial charge in [0, 0.05) is 31.0 Å². The number of carbonyl (C=O) groups excluding carboxylic acids is 1. The molecular formula is C19H24N4O2. The first-order valence-electron chi connectivity index (χ1n) is 9.00. The van der Waals surface area contributed by atoms with Gasteiger partial charge in [-0.3, -0.25) is 4.68 Å². The fourth-order valence-electron chi connectivity index (χ4n) is 4.04. The molecule has 0 spiro atoms. The second-order valence-corrected chi connectivity index (χ2v) is 7.03. The number of benzene rings is 1. The van der Waals surface area contributed by atoms with Crippen molar-refractivity contribution in [2.24, 2.45) is 7.05 Å². The first-order chi connectivity index (χ1) is 12.1. The Bertz CT molecular complexity index is 780. The predicted molar refractivity (Wildman–Crippen MR) is 95.7 cm³/mol. The zero-order valence-corrected chi connectivity index (χ0v) is 14.5. The van der Waals surface area contributed by atoms with E-state index in [-0.39, 0.29) is 12.6 Å². The summed E-state index contributed by atoms with van der Waals surface area (Å²) in [7, 11) is 1.80. The summed E-state index contributed by atoms with van der Waals surface area (Å²) in [5, 5.41) is 20.1. The molecule has 6 nitrogen and oxygen atoms in total. The van der Waals surface area contributed by atoms with Gasteiger partial charge in [-0.2, -0.15) is 5.10 Å². The van der Waals surface area contributed by atoms with Crippen LogP contribution in [0.25, 0.3) is 0 Å². The number of aliphatic hydroxyl groups is 1. The molecule has 0 bridgehead atoms. The second kappa shape index (κ2) is 6.52. The maximum atomic E-state index is 12.4. The number of aromatic nitrogens is 2. The van der Waals surface area contributed by atoms with Crippen molar-refractivity contribution in [1.82, 2.24) is 15.1 Å². The van der Waals surface area contributed by atoms with Crippen molar-refractivity contribution in [1.29, 1.82) is 0 Å². The van der Waals surface area contributed by atoms with Gasteiger partial charge in [-0.25, -0.2) is 4.79 Å². The quantitative estimate of drug-likeness (QED) is 0.799. The Morgan fingerprint density at radius 3 is 2.52 bits per heavy atom. The largest absolute Gasteiger partial charge is 0.386 e. The Balaban J connectivity index is 1.45. The number of aryl methyl sites for hydroxylation is 3. The molecule has 3 N–H and O–H groups in total. The van der Waals surface area contributed by atoms with Crippen LogP contribution in [0.1, 0.15) is 46.8 Å². The van der Waals surface area contributed by atoms with Crippen LogP contribution in [-0.4, -0.2) is 27.5 Å². The highest BCUT2D eigenvalue weighted by Gasteiger charge is 2.25. The molecule has 2 amide bonds. The van der Waals surface area contributed by atoms with Crippen molar-refractivity contribution in [3.8, 4) is 0 Å². The van der Waals surface area contributed by atoms with Crippen LogP contribution in [0.2, 0.25) is 0 Å². The Kier molecular flexibility index (Phi) is 4.21. The normalized spacial score (nSPS) is 16.4. The lowest BCUT2D eigenvalue weighted by molar-refractivity contribution is 0.175. The van der Waals surface area contributed by atoms with Gasteiger partial charge < -0.3 is 15.7 Å². The summed E-state index contributed by atoms with van der Waals surface area (Å²) < 4.78 is 1.63. The zero-order chi connectivity index (χ0) is 17.4. The maximum absolute atomic E-state index is 12.4. The van der Waals surface area contributed by atoms with Crippen LogP contribution in [0, 0.1) is 0 Å². The number of fused-ring (bicyclic) bond motifs is 2. The molecule has 1 heterocycles. The number of nitrogens with zero attached hydrogens (tertiary/aromatic N) is 2. The summed E-state index contributed by atoms with van der Waals surface area (Å²) in [6.07, 6.45) is 9.22. The first kappa shape index (κ1) is 16.1. The number of urea groups is 1. The number of anilines is 1. The summed E-state index contributed by atoms with van der Waals surface area (Å²) in [5.41, 5.74) is 7.13. The van der Waals surface area contributed by atoms with E-state index >= 15 is 0 Å². The second-order valence-electron chi connectivity index (χ2n) is 7.03. The van der Waals surface area contributed by atoms with Crippen LogP contribution in [-0.2, 0) is 32.7 Å². The van der Waals surface area contributed by atoms with E-state index in [1.54, 1.807) is 24.1 Å². The standard InChI is InChI=1S/C19H24N4O2/c1-23-11-14(9-21-23)17(24)10-20-19(25)22-18-15-6-2-4-12(15)8-13-5-3-7-16(13)18/h8-9,11,17,24H,2-7,10H2,1H3,(H2,20,22,25). The number of hydrogen-bond donors (Lipinski definition) is 3. The molecule has 0 saturated heterocycles.